The van der Waals surface area contributed by atoms with Gasteiger partial charge in [-0.2, -0.15) is 10.1 Å². The van der Waals surface area contributed by atoms with E-state index in [2.05, 4.69) is 20.5 Å². The van der Waals surface area contributed by atoms with Crippen molar-refractivity contribution in [3.63, 3.8) is 0 Å². The molecule has 0 saturated carbocycles. The van der Waals surface area contributed by atoms with E-state index in [4.69, 9.17) is 0 Å². The zero-order valence-electron chi connectivity index (χ0n) is 15.2. The van der Waals surface area contributed by atoms with Gasteiger partial charge in [0.25, 0.3) is 5.56 Å². The topological polar surface area (TPSA) is 117 Å². The molecule has 0 radical (unpaired) electrons. The number of phenols is 1. The summed E-state index contributed by atoms with van der Waals surface area (Å²) in [6.45, 7) is 3.98. The number of nitrogens with zero attached hydrogens (tertiary/aromatic N) is 4. The standard InChI is InChI=1S/C18H20N6O3/c1-4-5-10-24-14-15(23(3)18(27)20-16(14)26)19-17(24)22-21-11(2)12-8-6-7-9-13(12)25/h4-9,25H,10H2,1-3H3,(H,19,22)(H,20,26,27)/b5-4?,21-11+. The van der Waals surface area contributed by atoms with Crippen molar-refractivity contribution < 1.29 is 5.11 Å². The van der Waals surface area contributed by atoms with Gasteiger partial charge in [0.2, 0.25) is 5.95 Å². The van der Waals surface area contributed by atoms with E-state index in [0.717, 1.165) is 0 Å². The van der Waals surface area contributed by atoms with Gasteiger partial charge in [-0.3, -0.25) is 18.9 Å². The van der Waals surface area contributed by atoms with E-state index in [1.165, 1.54) is 11.6 Å². The van der Waals surface area contributed by atoms with E-state index in [0.29, 0.717) is 23.8 Å². The van der Waals surface area contributed by atoms with Crippen molar-refractivity contribution >= 4 is 22.8 Å². The molecule has 0 saturated heterocycles. The Morgan fingerprint density at radius 2 is 2.11 bits per heavy atom. The van der Waals surface area contributed by atoms with Crippen molar-refractivity contribution in [3.8, 4) is 5.75 Å². The lowest BCUT2D eigenvalue weighted by atomic mass is 10.1. The van der Waals surface area contributed by atoms with Crippen LogP contribution in [-0.2, 0) is 13.6 Å². The Morgan fingerprint density at radius 1 is 1.37 bits per heavy atom. The summed E-state index contributed by atoms with van der Waals surface area (Å²) in [5.41, 5.74) is 3.43. The van der Waals surface area contributed by atoms with Crippen molar-refractivity contribution in [1.82, 2.24) is 19.1 Å². The summed E-state index contributed by atoms with van der Waals surface area (Å²) in [7, 11) is 1.54. The second-order valence-electron chi connectivity index (χ2n) is 5.93. The normalized spacial score (nSPS) is 12.2. The first-order chi connectivity index (χ1) is 12.9. The first-order valence-corrected chi connectivity index (χ1v) is 8.33. The van der Waals surface area contributed by atoms with E-state index in [1.54, 1.807) is 35.8 Å². The maximum atomic E-state index is 12.3. The number of H-pyrrole nitrogens is 1. The van der Waals surface area contributed by atoms with E-state index >= 15 is 0 Å². The average molecular weight is 368 g/mol. The molecule has 3 rings (SSSR count). The molecule has 0 aliphatic heterocycles. The number of aromatic amines is 1. The molecule has 0 unspecified atom stereocenters. The number of para-hydroxylation sites is 1. The number of imidazole rings is 1. The smallest absolute Gasteiger partial charge is 0.329 e. The molecule has 0 bridgehead atoms. The second-order valence-corrected chi connectivity index (χ2v) is 5.93. The van der Waals surface area contributed by atoms with E-state index in [1.807, 2.05) is 19.1 Å². The largest absolute Gasteiger partial charge is 0.507 e. The molecule has 3 N–H and O–H groups in total. The van der Waals surface area contributed by atoms with Crippen LogP contribution in [0.25, 0.3) is 11.2 Å². The Balaban J connectivity index is 2.11. The average Bonchev–Trinajstić information content (AvgIpc) is 3.02. The van der Waals surface area contributed by atoms with Crippen LogP contribution in [-0.4, -0.2) is 29.9 Å². The molecule has 2 aromatic heterocycles. The maximum absolute atomic E-state index is 12.3. The zero-order valence-corrected chi connectivity index (χ0v) is 15.2. The van der Waals surface area contributed by atoms with Crippen LogP contribution in [0.1, 0.15) is 19.4 Å². The first-order valence-electron chi connectivity index (χ1n) is 8.33. The molecule has 27 heavy (non-hydrogen) atoms. The van der Waals surface area contributed by atoms with Gasteiger partial charge in [0.15, 0.2) is 11.2 Å². The van der Waals surface area contributed by atoms with Gasteiger partial charge in [-0.15, -0.1) is 0 Å². The molecule has 0 spiro atoms. The number of aromatic nitrogens is 4. The summed E-state index contributed by atoms with van der Waals surface area (Å²) in [6, 6.07) is 6.84. The fourth-order valence-corrected chi connectivity index (χ4v) is 2.68. The van der Waals surface area contributed by atoms with Gasteiger partial charge in [-0.05, 0) is 26.0 Å². The van der Waals surface area contributed by atoms with Crippen molar-refractivity contribution in [2.24, 2.45) is 12.1 Å². The molecular weight excluding hydrogens is 348 g/mol. The van der Waals surface area contributed by atoms with Gasteiger partial charge >= 0.3 is 5.69 Å². The number of anilines is 1. The number of hydrogen-bond acceptors (Lipinski definition) is 6. The fraction of sp³-hybridized carbons (Fsp3) is 0.222. The maximum Gasteiger partial charge on any atom is 0.329 e. The van der Waals surface area contributed by atoms with E-state index in [-0.39, 0.29) is 16.9 Å². The number of hydrazone groups is 1. The van der Waals surface area contributed by atoms with Crippen LogP contribution < -0.4 is 16.7 Å². The van der Waals surface area contributed by atoms with Gasteiger partial charge < -0.3 is 5.11 Å². The van der Waals surface area contributed by atoms with E-state index < -0.39 is 11.2 Å². The molecule has 0 aliphatic carbocycles. The molecule has 0 atom stereocenters. The molecule has 9 nitrogen and oxygen atoms in total. The van der Waals surface area contributed by atoms with Crippen LogP contribution in [0.2, 0.25) is 0 Å². The van der Waals surface area contributed by atoms with Crippen molar-refractivity contribution in [2.45, 2.75) is 20.4 Å². The molecule has 0 amide bonds. The summed E-state index contributed by atoms with van der Waals surface area (Å²) in [6.07, 6.45) is 3.71. The Labute approximate surface area is 154 Å². The number of rotatable bonds is 5. The number of allylic oxidation sites excluding steroid dienone is 2. The summed E-state index contributed by atoms with van der Waals surface area (Å²) >= 11 is 0. The monoisotopic (exact) mass is 368 g/mol. The molecule has 1 aromatic carbocycles. The lowest BCUT2D eigenvalue weighted by Crippen LogP contribution is -2.29. The lowest BCUT2D eigenvalue weighted by molar-refractivity contribution is 0.474. The molecular formula is C18H20N6O3. The number of nitrogens with one attached hydrogen (secondary N) is 2. The molecule has 9 heteroatoms. The predicted octanol–water partition coefficient (Wildman–Crippen LogP) is 1.54. The Hall–Kier alpha value is -3.62. The highest BCUT2D eigenvalue weighted by Crippen LogP contribution is 2.18. The SMILES string of the molecule is CC=CCn1c(N/N=C(\C)c2ccccc2O)nc2c1c(=O)[nH]c(=O)n2C. The van der Waals surface area contributed by atoms with Crippen LogP contribution in [0, 0.1) is 0 Å². The van der Waals surface area contributed by atoms with Gasteiger partial charge in [-0.1, -0.05) is 24.3 Å². The fourth-order valence-electron chi connectivity index (χ4n) is 2.68. The van der Waals surface area contributed by atoms with Crippen LogP contribution in [0.5, 0.6) is 5.75 Å². The summed E-state index contributed by atoms with van der Waals surface area (Å²) in [5, 5.41) is 14.2. The number of benzene rings is 1. The highest BCUT2D eigenvalue weighted by Gasteiger charge is 2.16. The quantitative estimate of drug-likeness (QED) is 0.359. The van der Waals surface area contributed by atoms with Gasteiger partial charge in [0, 0.05) is 19.2 Å². The van der Waals surface area contributed by atoms with Crippen LogP contribution >= 0.6 is 0 Å². The second kappa shape index (κ2) is 7.32. The molecule has 3 aromatic rings. The third kappa shape index (κ3) is 3.39. The predicted molar refractivity (Wildman–Crippen MR) is 104 cm³/mol. The highest BCUT2D eigenvalue weighted by atomic mass is 16.3. The van der Waals surface area contributed by atoms with E-state index in [9.17, 15) is 14.7 Å². The van der Waals surface area contributed by atoms with Gasteiger partial charge in [0.05, 0.1) is 5.71 Å². The third-order valence-corrected chi connectivity index (χ3v) is 4.15. The van der Waals surface area contributed by atoms with Gasteiger partial charge in [0.1, 0.15) is 5.75 Å². The lowest BCUT2D eigenvalue weighted by Gasteiger charge is -2.07. The van der Waals surface area contributed by atoms with Crippen LogP contribution in [0.4, 0.5) is 5.95 Å². The number of aromatic hydroxyl groups is 1. The van der Waals surface area contributed by atoms with Crippen molar-refractivity contribution in [3.05, 3.63) is 62.8 Å². The Morgan fingerprint density at radius 3 is 2.81 bits per heavy atom. The molecule has 0 fully saturated rings. The first kappa shape index (κ1) is 18.2. The minimum Gasteiger partial charge on any atom is -0.507 e. The number of phenolic OH excluding ortho intramolecular Hbond substituents is 1. The zero-order chi connectivity index (χ0) is 19.6. The Kier molecular flexibility index (Phi) is 4.93. The summed E-state index contributed by atoms with van der Waals surface area (Å²) in [5.74, 6) is 0.423. The molecule has 0 aliphatic rings. The van der Waals surface area contributed by atoms with Crippen LogP contribution in [0.3, 0.4) is 0 Å². The molecule has 140 valence electrons. The number of hydrogen-bond donors (Lipinski definition) is 3. The molecule has 2 heterocycles. The highest BCUT2D eigenvalue weighted by molar-refractivity contribution is 6.01. The van der Waals surface area contributed by atoms with Crippen LogP contribution in [0.15, 0.2) is 51.1 Å². The Bertz CT molecular complexity index is 1170. The summed E-state index contributed by atoms with van der Waals surface area (Å²) in [4.78, 5) is 30.8. The minimum absolute atomic E-state index is 0.113. The summed E-state index contributed by atoms with van der Waals surface area (Å²) < 4.78 is 2.91. The minimum atomic E-state index is -0.538. The van der Waals surface area contributed by atoms with Crippen molar-refractivity contribution in [2.75, 3.05) is 5.43 Å². The van der Waals surface area contributed by atoms with Crippen molar-refractivity contribution in [1.29, 1.82) is 0 Å². The number of aryl methyl sites for hydroxylation is 1. The number of fused-ring (bicyclic) bond motifs is 1. The third-order valence-electron chi connectivity index (χ3n) is 4.15. The van der Waals surface area contributed by atoms with Gasteiger partial charge in [-0.25, -0.2) is 10.2 Å².